The quantitative estimate of drug-likeness (QED) is 0.705. The SMILES string of the molecule is COc1ccc(SNC(N)=O)cn1. The summed E-state index contributed by atoms with van der Waals surface area (Å²) in [5.74, 6) is 0.531. The number of hydrogen-bond acceptors (Lipinski definition) is 4. The molecule has 0 aromatic carbocycles. The van der Waals surface area contributed by atoms with Crippen molar-refractivity contribution in [2.75, 3.05) is 7.11 Å². The molecule has 1 aromatic heterocycles. The van der Waals surface area contributed by atoms with Gasteiger partial charge in [-0.2, -0.15) is 0 Å². The number of aromatic nitrogens is 1. The lowest BCUT2D eigenvalue weighted by Crippen LogP contribution is -2.22. The first-order chi connectivity index (χ1) is 6.22. The smallest absolute Gasteiger partial charge is 0.322 e. The highest BCUT2D eigenvalue weighted by Crippen LogP contribution is 2.15. The molecule has 1 heterocycles. The van der Waals surface area contributed by atoms with Crippen LogP contribution in [0.4, 0.5) is 4.79 Å². The van der Waals surface area contributed by atoms with Crippen molar-refractivity contribution in [3.63, 3.8) is 0 Å². The number of urea groups is 1. The Hall–Kier alpha value is -1.43. The van der Waals surface area contributed by atoms with Gasteiger partial charge in [-0.25, -0.2) is 9.78 Å². The number of ether oxygens (including phenoxy) is 1. The molecule has 1 rings (SSSR count). The molecule has 0 aliphatic rings. The summed E-state index contributed by atoms with van der Waals surface area (Å²) in [4.78, 5) is 15.1. The van der Waals surface area contributed by atoms with Crippen molar-refractivity contribution in [3.8, 4) is 5.88 Å². The number of nitrogens with two attached hydrogens (primary N) is 1. The number of primary amides is 1. The standard InChI is InChI=1S/C7H9N3O2S/c1-12-6-3-2-5(4-9-6)13-10-7(8)11/h2-4H,1H3,(H3,8,10,11). The van der Waals surface area contributed by atoms with Gasteiger partial charge in [0.1, 0.15) is 0 Å². The predicted octanol–water partition coefficient (Wildman–Crippen LogP) is 0.766. The first-order valence-corrected chi connectivity index (χ1v) is 4.26. The highest BCUT2D eigenvalue weighted by Gasteiger charge is 1.97. The van der Waals surface area contributed by atoms with Gasteiger partial charge in [0, 0.05) is 17.2 Å². The molecule has 0 spiro atoms. The van der Waals surface area contributed by atoms with Gasteiger partial charge in [0.05, 0.1) is 7.11 Å². The second kappa shape index (κ2) is 4.56. The van der Waals surface area contributed by atoms with Gasteiger partial charge >= 0.3 is 6.03 Å². The van der Waals surface area contributed by atoms with Gasteiger partial charge in [0.2, 0.25) is 5.88 Å². The van der Waals surface area contributed by atoms with E-state index in [0.717, 1.165) is 16.8 Å². The molecule has 3 N–H and O–H groups in total. The molecule has 13 heavy (non-hydrogen) atoms. The van der Waals surface area contributed by atoms with Crippen LogP contribution in [0.25, 0.3) is 0 Å². The second-order valence-electron chi connectivity index (χ2n) is 2.10. The number of carbonyl (C=O) groups is 1. The van der Waals surface area contributed by atoms with Crippen LogP contribution in [0.5, 0.6) is 5.88 Å². The van der Waals surface area contributed by atoms with E-state index >= 15 is 0 Å². The molecule has 1 aromatic rings. The van der Waals surface area contributed by atoms with E-state index in [1.54, 1.807) is 18.3 Å². The maximum atomic E-state index is 10.3. The summed E-state index contributed by atoms with van der Waals surface area (Å²) in [7, 11) is 1.54. The summed E-state index contributed by atoms with van der Waals surface area (Å²) in [6, 6.07) is 2.89. The monoisotopic (exact) mass is 199 g/mol. The molecular formula is C7H9N3O2S. The van der Waals surface area contributed by atoms with Crippen molar-refractivity contribution >= 4 is 18.0 Å². The van der Waals surface area contributed by atoms with Crippen molar-refractivity contribution in [2.45, 2.75) is 4.90 Å². The number of nitrogens with zero attached hydrogens (tertiary/aromatic N) is 1. The Morgan fingerprint density at radius 3 is 2.92 bits per heavy atom. The Bertz CT molecular complexity index is 288. The van der Waals surface area contributed by atoms with Gasteiger partial charge in [-0.1, -0.05) is 0 Å². The first-order valence-electron chi connectivity index (χ1n) is 3.44. The van der Waals surface area contributed by atoms with Gasteiger partial charge in [-0.05, 0) is 18.0 Å². The van der Waals surface area contributed by atoms with Crippen molar-refractivity contribution in [2.24, 2.45) is 5.73 Å². The molecule has 0 atom stereocenters. The third-order valence-electron chi connectivity index (χ3n) is 1.19. The predicted molar refractivity (Wildman–Crippen MR) is 49.4 cm³/mol. The third-order valence-corrected chi connectivity index (χ3v) is 1.97. The molecule has 0 radical (unpaired) electrons. The zero-order valence-corrected chi connectivity index (χ0v) is 7.80. The number of nitrogens with one attached hydrogen (secondary N) is 1. The van der Waals surface area contributed by atoms with Crippen molar-refractivity contribution in [3.05, 3.63) is 18.3 Å². The van der Waals surface area contributed by atoms with E-state index in [4.69, 9.17) is 10.5 Å². The largest absolute Gasteiger partial charge is 0.481 e. The minimum atomic E-state index is -0.583. The third kappa shape index (κ3) is 3.20. The average Bonchev–Trinajstić information content (AvgIpc) is 2.15. The van der Waals surface area contributed by atoms with Crippen LogP contribution in [0, 0.1) is 0 Å². The maximum Gasteiger partial charge on any atom is 0.322 e. The minimum absolute atomic E-state index is 0.531. The normalized spacial score (nSPS) is 9.31. The molecule has 0 unspecified atom stereocenters. The molecule has 0 aliphatic carbocycles. The van der Waals surface area contributed by atoms with Crippen LogP contribution in [-0.2, 0) is 0 Å². The summed E-state index contributed by atoms with van der Waals surface area (Å²) in [5, 5.41) is 0. The topological polar surface area (TPSA) is 77.2 Å². The van der Waals surface area contributed by atoms with Crippen LogP contribution in [0.1, 0.15) is 0 Å². The van der Waals surface area contributed by atoms with Crippen molar-refractivity contribution in [1.82, 2.24) is 9.71 Å². The molecule has 70 valence electrons. The van der Waals surface area contributed by atoms with E-state index in [1.165, 1.54) is 7.11 Å². The highest BCUT2D eigenvalue weighted by atomic mass is 32.2. The minimum Gasteiger partial charge on any atom is -0.481 e. The number of methoxy groups -OCH3 is 1. The van der Waals surface area contributed by atoms with Gasteiger partial charge in [-0.3, -0.25) is 4.72 Å². The molecule has 0 saturated carbocycles. The Kier molecular flexibility index (Phi) is 3.39. The number of rotatable bonds is 3. The highest BCUT2D eigenvalue weighted by molar-refractivity contribution is 7.98. The molecule has 0 aliphatic heterocycles. The second-order valence-corrected chi connectivity index (χ2v) is 2.98. The van der Waals surface area contributed by atoms with E-state index < -0.39 is 6.03 Å². The fraction of sp³-hybridized carbons (Fsp3) is 0.143. The van der Waals surface area contributed by atoms with Crippen molar-refractivity contribution in [1.29, 1.82) is 0 Å². The van der Waals surface area contributed by atoms with Gasteiger partial charge in [0.15, 0.2) is 0 Å². The van der Waals surface area contributed by atoms with E-state index in [9.17, 15) is 4.79 Å². The fourth-order valence-electron chi connectivity index (χ4n) is 0.657. The van der Waals surface area contributed by atoms with E-state index in [-0.39, 0.29) is 0 Å². The van der Waals surface area contributed by atoms with Gasteiger partial charge in [-0.15, -0.1) is 0 Å². The lowest BCUT2D eigenvalue weighted by molar-refractivity contribution is 0.254. The van der Waals surface area contributed by atoms with Crippen LogP contribution >= 0.6 is 11.9 Å². The Balaban J connectivity index is 2.54. The lowest BCUT2D eigenvalue weighted by Gasteiger charge is -2.01. The number of carbonyl (C=O) groups excluding carboxylic acids is 1. The van der Waals surface area contributed by atoms with Crippen LogP contribution in [-0.4, -0.2) is 18.1 Å². The lowest BCUT2D eigenvalue weighted by atomic mass is 10.5. The summed E-state index contributed by atoms with van der Waals surface area (Å²) < 4.78 is 7.24. The summed E-state index contributed by atoms with van der Waals surface area (Å²) in [6.07, 6.45) is 1.58. The first kappa shape index (κ1) is 9.66. The number of amides is 2. The summed E-state index contributed by atoms with van der Waals surface area (Å²) >= 11 is 1.11. The number of hydrogen-bond donors (Lipinski definition) is 2. The van der Waals surface area contributed by atoms with Gasteiger partial charge < -0.3 is 10.5 Å². The molecule has 0 fully saturated rings. The zero-order valence-electron chi connectivity index (χ0n) is 6.98. The summed E-state index contributed by atoms with van der Waals surface area (Å²) in [5.41, 5.74) is 4.88. The molecule has 0 bridgehead atoms. The fourth-order valence-corrected chi connectivity index (χ4v) is 1.12. The number of pyridine rings is 1. The van der Waals surface area contributed by atoms with E-state index in [0.29, 0.717) is 5.88 Å². The zero-order chi connectivity index (χ0) is 9.68. The van der Waals surface area contributed by atoms with E-state index in [2.05, 4.69) is 9.71 Å². The average molecular weight is 199 g/mol. The van der Waals surface area contributed by atoms with Crippen LogP contribution in [0.3, 0.4) is 0 Å². The van der Waals surface area contributed by atoms with Crippen LogP contribution in [0.2, 0.25) is 0 Å². The van der Waals surface area contributed by atoms with Crippen LogP contribution < -0.4 is 15.2 Å². The van der Waals surface area contributed by atoms with Crippen molar-refractivity contribution < 1.29 is 9.53 Å². The van der Waals surface area contributed by atoms with Crippen LogP contribution in [0.15, 0.2) is 23.2 Å². The van der Waals surface area contributed by atoms with E-state index in [1.807, 2.05) is 0 Å². The Morgan fingerprint density at radius 1 is 1.69 bits per heavy atom. The molecule has 0 saturated heterocycles. The molecule has 6 heteroatoms. The van der Waals surface area contributed by atoms with Gasteiger partial charge in [0.25, 0.3) is 0 Å². The molecule has 2 amide bonds. The maximum absolute atomic E-state index is 10.3. The Morgan fingerprint density at radius 2 is 2.46 bits per heavy atom. The Labute approximate surface area is 79.8 Å². The molecular weight excluding hydrogens is 190 g/mol. The summed E-state index contributed by atoms with van der Waals surface area (Å²) in [6.45, 7) is 0. The molecule has 5 nitrogen and oxygen atoms in total.